The van der Waals surface area contributed by atoms with Crippen LogP contribution < -0.4 is 10.1 Å². The van der Waals surface area contributed by atoms with Crippen LogP contribution in [0, 0.1) is 0 Å². The van der Waals surface area contributed by atoms with E-state index in [1.165, 1.54) is 22.7 Å². The maximum absolute atomic E-state index is 12.3. The minimum atomic E-state index is -0.233. The first kappa shape index (κ1) is 15.6. The van der Waals surface area contributed by atoms with Crippen molar-refractivity contribution in [2.45, 2.75) is 20.0 Å². The van der Waals surface area contributed by atoms with Crippen molar-refractivity contribution in [3.63, 3.8) is 0 Å². The molecule has 0 radical (unpaired) electrons. The molecule has 3 rings (SSSR count). The van der Waals surface area contributed by atoms with Gasteiger partial charge in [-0.1, -0.05) is 24.3 Å². The van der Waals surface area contributed by atoms with Gasteiger partial charge in [0.05, 0.1) is 11.2 Å². The normalized spacial score (nSPS) is 10.5. The second kappa shape index (κ2) is 7.30. The van der Waals surface area contributed by atoms with E-state index in [0.717, 1.165) is 17.1 Å². The molecule has 3 aromatic rings. The first-order valence-electron chi connectivity index (χ1n) is 6.98. The molecule has 8 heteroatoms. The Kier molecular flexibility index (Phi) is 4.94. The van der Waals surface area contributed by atoms with Gasteiger partial charge in [-0.2, -0.15) is 0 Å². The summed E-state index contributed by atoms with van der Waals surface area (Å²) in [5.41, 5.74) is 3.13. The van der Waals surface area contributed by atoms with Crippen molar-refractivity contribution in [2.24, 2.45) is 0 Å². The Morgan fingerprint density at radius 2 is 2.26 bits per heavy atom. The first-order chi connectivity index (χ1) is 11.2. The third-order valence-corrected chi connectivity index (χ3v) is 4.57. The van der Waals surface area contributed by atoms with Gasteiger partial charge in [0.2, 0.25) is 5.13 Å². The smallest absolute Gasteiger partial charge is 0.257 e. The molecule has 6 nitrogen and oxygen atoms in total. The Balaban J connectivity index is 1.64. The number of aryl methyl sites for hydroxylation is 1. The number of benzene rings is 1. The van der Waals surface area contributed by atoms with Gasteiger partial charge in [-0.05, 0) is 24.6 Å². The van der Waals surface area contributed by atoms with Crippen LogP contribution in [0.5, 0.6) is 5.75 Å². The fourth-order valence-corrected chi connectivity index (χ4v) is 3.03. The number of rotatable bonds is 6. The molecule has 1 N–H and O–H groups in total. The van der Waals surface area contributed by atoms with E-state index in [1.807, 2.05) is 18.4 Å². The molecule has 1 aromatic carbocycles. The monoisotopic (exact) mass is 346 g/mol. The predicted octanol–water partition coefficient (Wildman–Crippen LogP) is 3.39. The molecule has 0 atom stereocenters. The third kappa shape index (κ3) is 4.11. The zero-order valence-electron chi connectivity index (χ0n) is 12.4. The lowest BCUT2D eigenvalue weighted by Crippen LogP contribution is -2.11. The number of ether oxygens (including phenoxy) is 1. The zero-order valence-corrected chi connectivity index (χ0v) is 14.0. The molecule has 2 heterocycles. The van der Waals surface area contributed by atoms with Crippen molar-refractivity contribution < 1.29 is 9.53 Å². The molecule has 23 heavy (non-hydrogen) atoms. The van der Waals surface area contributed by atoms with E-state index in [2.05, 4.69) is 20.5 Å². The molecule has 0 fully saturated rings. The van der Waals surface area contributed by atoms with Crippen LogP contribution in [0.3, 0.4) is 0 Å². The lowest BCUT2D eigenvalue weighted by Gasteiger charge is -2.06. The fraction of sp³-hybridized carbons (Fsp3) is 0.200. The topological polar surface area (TPSA) is 77.0 Å². The molecule has 0 unspecified atom stereocenters. The summed E-state index contributed by atoms with van der Waals surface area (Å²) in [7, 11) is 0. The average Bonchev–Trinajstić information content (AvgIpc) is 3.24. The number of nitrogens with zero attached hydrogens (tertiary/aromatic N) is 3. The molecule has 0 saturated carbocycles. The largest absolute Gasteiger partial charge is 0.487 e. The molecule has 0 aliphatic heterocycles. The molecule has 0 bridgehead atoms. The van der Waals surface area contributed by atoms with Crippen molar-refractivity contribution in [2.75, 3.05) is 5.32 Å². The number of carbonyl (C=O) groups excluding carboxylic acids is 1. The molecular formula is C15H14N4O2S2. The lowest BCUT2D eigenvalue weighted by atomic mass is 10.2. The maximum Gasteiger partial charge on any atom is 0.257 e. The van der Waals surface area contributed by atoms with Gasteiger partial charge in [-0.25, -0.2) is 4.98 Å². The molecule has 2 aromatic heterocycles. The number of amides is 1. The van der Waals surface area contributed by atoms with Crippen molar-refractivity contribution in [1.82, 2.24) is 15.2 Å². The van der Waals surface area contributed by atoms with Gasteiger partial charge in [0.15, 0.2) is 0 Å². The van der Waals surface area contributed by atoms with Gasteiger partial charge in [0.25, 0.3) is 5.91 Å². The quantitative estimate of drug-likeness (QED) is 0.740. The van der Waals surface area contributed by atoms with Crippen molar-refractivity contribution in [3.05, 3.63) is 51.4 Å². The highest BCUT2D eigenvalue weighted by atomic mass is 32.1. The van der Waals surface area contributed by atoms with E-state index in [9.17, 15) is 4.79 Å². The summed E-state index contributed by atoms with van der Waals surface area (Å²) < 4.78 is 5.65. The highest BCUT2D eigenvalue weighted by molar-refractivity contribution is 7.15. The van der Waals surface area contributed by atoms with Crippen LogP contribution in [0.25, 0.3) is 0 Å². The number of nitrogens with one attached hydrogen (secondary N) is 1. The van der Waals surface area contributed by atoms with E-state index in [1.54, 1.807) is 23.7 Å². The standard InChI is InChI=1S/C15H14N4O2S2/c1-2-13-18-19-15(23-13)17-14(20)10-4-3-5-12(6-10)21-7-11-8-22-9-16-11/h3-6,8-9H,2,7H2,1H3,(H,17,19,20). The Morgan fingerprint density at radius 3 is 3.00 bits per heavy atom. The lowest BCUT2D eigenvalue weighted by molar-refractivity contribution is 0.102. The molecule has 118 valence electrons. The summed E-state index contributed by atoms with van der Waals surface area (Å²) >= 11 is 2.90. The number of aromatic nitrogens is 3. The minimum absolute atomic E-state index is 0.233. The molecule has 0 aliphatic rings. The first-order valence-corrected chi connectivity index (χ1v) is 8.74. The van der Waals surface area contributed by atoms with Crippen LogP contribution in [0.2, 0.25) is 0 Å². The highest BCUT2D eigenvalue weighted by Gasteiger charge is 2.10. The average molecular weight is 346 g/mol. The maximum atomic E-state index is 12.3. The number of thiazole rings is 1. The van der Waals surface area contributed by atoms with Gasteiger partial charge in [0, 0.05) is 10.9 Å². The van der Waals surface area contributed by atoms with E-state index in [-0.39, 0.29) is 5.91 Å². The Hall–Kier alpha value is -2.32. The SMILES string of the molecule is CCc1nnc(NC(=O)c2cccc(OCc3cscn3)c2)s1. The number of hydrogen-bond acceptors (Lipinski definition) is 7. The van der Waals surface area contributed by atoms with Crippen LogP contribution >= 0.6 is 22.7 Å². The van der Waals surface area contributed by atoms with E-state index in [4.69, 9.17) is 4.74 Å². The second-order valence-corrected chi connectivity index (χ2v) is 6.39. The summed E-state index contributed by atoms with van der Waals surface area (Å²) in [6.45, 7) is 2.38. The van der Waals surface area contributed by atoms with Crippen molar-refractivity contribution >= 4 is 33.7 Å². The Bertz CT molecular complexity index is 786. The Morgan fingerprint density at radius 1 is 1.35 bits per heavy atom. The number of anilines is 1. The summed E-state index contributed by atoms with van der Waals surface area (Å²) in [5, 5.41) is 14.0. The van der Waals surface area contributed by atoms with E-state index >= 15 is 0 Å². The van der Waals surface area contributed by atoms with Gasteiger partial charge >= 0.3 is 0 Å². The zero-order chi connectivity index (χ0) is 16.1. The van der Waals surface area contributed by atoms with Crippen LogP contribution in [0.4, 0.5) is 5.13 Å². The summed E-state index contributed by atoms with van der Waals surface area (Å²) in [6.07, 6.45) is 0.799. The highest BCUT2D eigenvalue weighted by Crippen LogP contribution is 2.19. The summed E-state index contributed by atoms with van der Waals surface area (Å²) in [6, 6.07) is 7.02. The molecule has 0 spiro atoms. The van der Waals surface area contributed by atoms with Gasteiger partial charge in [-0.15, -0.1) is 21.5 Å². The van der Waals surface area contributed by atoms with Crippen molar-refractivity contribution in [1.29, 1.82) is 0 Å². The Labute approximate surface area is 141 Å². The van der Waals surface area contributed by atoms with Gasteiger partial charge < -0.3 is 4.74 Å². The van der Waals surface area contributed by atoms with Gasteiger partial charge in [0.1, 0.15) is 17.4 Å². The third-order valence-electron chi connectivity index (χ3n) is 2.96. The summed E-state index contributed by atoms with van der Waals surface area (Å²) in [5.74, 6) is 0.389. The molecular weight excluding hydrogens is 332 g/mol. The van der Waals surface area contributed by atoms with E-state index < -0.39 is 0 Å². The predicted molar refractivity (Wildman–Crippen MR) is 90.1 cm³/mol. The van der Waals surface area contributed by atoms with Gasteiger partial charge in [-0.3, -0.25) is 10.1 Å². The number of hydrogen-bond donors (Lipinski definition) is 1. The van der Waals surface area contributed by atoms with Crippen molar-refractivity contribution in [3.8, 4) is 5.75 Å². The molecule has 0 saturated heterocycles. The second-order valence-electron chi connectivity index (χ2n) is 4.60. The fourth-order valence-electron chi connectivity index (χ4n) is 1.81. The number of carbonyl (C=O) groups is 1. The van der Waals surface area contributed by atoms with Crippen LogP contribution in [-0.4, -0.2) is 21.1 Å². The molecule has 1 amide bonds. The minimum Gasteiger partial charge on any atom is -0.487 e. The van der Waals surface area contributed by atoms with Crippen LogP contribution in [0.1, 0.15) is 28.0 Å². The summed E-state index contributed by atoms with van der Waals surface area (Å²) in [4.78, 5) is 16.4. The van der Waals surface area contributed by atoms with Crippen LogP contribution in [0.15, 0.2) is 35.2 Å². The van der Waals surface area contributed by atoms with Crippen LogP contribution in [-0.2, 0) is 13.0 Å². The van der Waals surface area contributed by atoms with E-state index in [0.29, 0.717) is 23.1 Å². The molecule has 0 aliphatic carbocycles.